The van der Waals surface area contributed by atoms with Gasteiger partial charge in [0, 0.05) is 0 Å². The average Bonchev–Trinajstić information content (AvgIpc) is 2.46. The van der Waals surface area contributed by atoms with Crippen molar-refractivity contribution >= 4 is 0 Å². The first kappa shape index (κ1) is 6.53. The molecule has 1 aliphatic heterocycles. The van der Waals surface area contributed by atoms with E-state index in [4.69, 9.17) is 0 Å². The largest absolute Gasteiger partial charge is 0.249 e. The Kier molecular flexibility index (Phi) is 1.46. The highest BCUT2D eigenvalue weighted by Crippen LogP contribution is 2.07. The molecule has 0 aliphatic carbocycles. The van der Waals surface area contributed by atoms with E-state index in [1.807, 2.05) is 24.3 Å². The quantitative estimate of drug-likeness (QED) is 0.559. The molecule has 0 amide bonds. The van der Waals surface area contributed by atoms with Crippen LogP contribution in [-0.4, -0.2) is 0 Å². The Hall–Kier alpha value is -1.18. The van der Waals surface area contributed by atoms with Gasteiger partial charge in [-0.15, -0.1) is 0 Å². The monoisotopic (exact) mass is 145 g/mol. The van der Waals surface area contributed by atoms with Gasteiger partial charge < -0.3 is 0 Å². The first-order valence-corrected chi connectivity index (χ1v) is 3.78. The second-order valence-corrected chi connectivity index (χ2v) is 2.48. The van der Waals surface area contributed by atoms with Gasteiger partial charge in [-0.3, -0.25) is 0 Å². The normalized spacial score (nSPS) is 15.4. The van der Waals surface area contributed by atoms with Crippen LogP contribution >= 0.6 is 0 Å². The van der Waals surface area contributed by atoms with Crippen LogP contribution in [-0.2, 0) is 0 Å². The Morgan fingerprint density at radius 3 is 2.09 bits per heavy atom. The van der Waals surface area contributed by atoms with Crippen molar-refractivity contribution in [2.75, 3.05) is 0 Å². The molecule has 1 aromatic rings. The maximum Gasteiger partial charge on any atom is 0.196 e. The van der Waals surface area contributed by atoms with Crippen LogP contribution in [0.5, 0.6) is 0 Å². The van der Waals surface area contributed by atoms with Gasteiger partial charge in [0.1, 0.15) is 0 Å². The molecule has 2 nitrogen and oxygen atoms in total. The summed E-state index contributed by atoms with van der Waals surface area (Å²) >= 11 is 0. The van der Waals surface area contributed by atoms with E-state index in [9.17, 15) is 0 Å². The minimum absolute atomic E-state index is 0.911. The van der Waals surface area contributed by atoms with Gasteiger partial charge in [0.05, 0.1) is 10.7 Å². The Bertz CT molecular complexity index is 332. The summed E-state index contributed by atoms with van der Waals surface area (Å²) in [5, 5.41) is 2.01. The minimum Gasteiger partial charge on any atom is -0.249 e. The molecule has 2 rings (SSSR count). The number of fused-ring (bicyclic) bond motifs is 1. The Balaban J connectivity index is 2.61. The van der Waals surface area contributed by atoms with Crippen LogP contribution in [0, 0.1) is 6.17 Å². The Morgan fingerprint density at radius 2 is 1.64 bits per heavy atom. The minimum atomic E-state index is 0.911. The molecule has 0 atom stereocenters. The topological polar surface area (TPSA) is 24.7 Å². The van der Waals surface area contributed by atoms with Crippen LogP contribution in [0.25, 0.3) is 0 Å². The van der Waals surface area contributed by atoms with Crippen molar-refractivity contribution in [3.05, 3.63) is 41.1 Å². The van der Waals surface area contributed by atoms with Gasteiger partial charge in [0.15, 0.2) is 6.17 Å². The van der Waals surface area contributed by atoms with E-state index >= 15 is 0 Å². The number of rotatable bonds is 1. The molecule has 11 heavy (non-hydrogen) atoms. The Morgan fingerprint density at radius 1 is 1.09 bits per heavy atom. The predicted octanol–water partition coefficient (Wildman–Crippen LogP) is 0.839. The predicted molar refractivity (Wildman–Crippen MR) is 42.3 cm³/mol. The maximum atomic E-state index is 4.32. The number of nitrogens with zero attached hydrogens (tertiary/aromatic N) is 2. The highest BCUT2D eigenvalue weighted by atomic mass is 15.0. The lowest BCUT2D eigenvalue weighted by molar-refractivity contribution is 0.854. The molecular formula is C9H9N2. The zero-order valence-electron chi connectivity index (χ0n) is 6.41. The second-order valence-electron chi connectivity index (χ2n) is 2.48. The molecule has 1 aliphatic rings. The van der Waals surface area contributed by atoms with Crippen LogP contribution in [0.4, 0.5) is 0 Å². The van der Waals surface area contributed by atoms with Crippen LogP contribution in [0.15, 0.2) is 34.3 Å². The van der Waals surface area contributed by atoms with Crippen LogP contribution in [0.3, 0.4) is 0 Å². The van der Waals surface area contributed by atoms with E-state index in [0.29, 0.717) is 0 Å². The van der Waals surface area contributed by atoms with Gasteiger partial charge >= 0.3 is 0 Å². The van der Waals surface area contributed by atoms with Crippen molar-refractivity contribution in [2.24, 2.45) is 9.98 Å². The molecule has 2 heteroatoms. The second kappa shape index (κ2) is 2.46. The third-order valence-electron chi connectivity index (χ3n) is 1.70. The molecule has 0 unspecified atom stereocenters. The Labute approximate surface area is 65.3 Å². The smallest absolute Gasteiger partial charge is 0.196 e. The van der Waals surface area contributed by atoms with Gasteiger partial charge in [-0.05, 0) is 18.6 Å². The van der Waals surface area contributed by atoms with Crippen LogP contribution in [0.2, 0.25) is 0 Å². The van der Waals surface area contributed by atoms with E-state index in [1.165, 1.54) is 0 Å². The maximum absolute atomic E-state index is 4.32. The highest BCUT2D eigenvalue weighted by Gasteiger charge is 2.06. The van der Waals surface area contributed by atoms with E-state index in [0.717, 1.165) is 23.3 Å². The molecule has 0 saturated carbocycles. The molecular weight excluding hydrogens is 136 g/mol. The average molecular weight is 145 g/mol. The van der Waals surface area contributed by atoms with Gasteiger partial charge in [-0.2, -0.15) is 0 Å². The van der Waals surface area contributed by atoms with Crippen molar-refractivity contribution in [1.82, 2.24) is 0 Å². The van der Waals surface area contributed by atoms with Crippen LogP contribution in [0.1, 0.15) is 13.3 Å². The lowest BCUT2D eigenvalue weighted by atomic mass is 10.3. The molecule has 0 saturated heterocycles. The lowest BCUT2D eigenvalue weighted by Gasteiger charge is -1.91. The van der Waals surface area contributed by atoms with Crippen molar-refractivity contribution < 1.29 is 0 Å². The fraction of sp³-hybridized carbons (Fsp3) is 0.222. The summed E-state index contributed by atoms with van der Waals surface area (Å²) in [5.74, 6) is 0. The molecule has 0 spiro atoms. The standard InChI is InChI=1S/C9H9N2/c1-2-9-10-7-5-3-4-6-8(7)11-9/h3-6H,2H2,1H3. The molecule has 0 bridgehead atoms. The molecule has 0 N–H and O–H groups in total. The third-order valence-corrected chi connectivity index (χ3v) is 1.70. The summed E-state index contributed by atoms with van der Waals surface area (Å²) in [6.07, 6.45) is 1.85. The zero-order valence-corrected chi connectivity index (χ0v) is 6.41. The summed E-state index contributed by atoms with van der Waals surface area (Å²) in [5.41, 5.74) is 0. The number of para-hydroxylation sites is 2. The fourth-order valence-corrected chi connectivity index (χ4v) is 1.11. The van der Waals surface area contributed by atoms with Gasteiger partial charge in [-0.1, -0.05) is 19.1 Å². The van der Waals surface area contributed by atoms with E-state index < -0.39 is 0 Å². The highest BCUT2D eigenvalue weighted by molar-refractivity contribution is 5.07. The number of benzene rings is 1. The van der Waals surface area contributed by atoms with Crippen molar-refractivity contribution in [3.63, 3.8) is 0 Å². The van der Waals surface area contributed by atoms with Gasteiger partial charge in [0.25, 0.3) is 0 Å². The van der Waals surface area contributed by atoms with E-state index in [-0.39, 0.29) is 0 Å². The van der Waals surface area contributed by atoms with Crippen molar-refractivity contribution in [2.45, 2.75) is 13.3 Å². The van der Waals surface area contributed by atoms with E-state index in [1.54, 1.807) is 0 Å². The molecule has 1 aromatic carbocycles. The SMILES string of the molecule is CC[C]1N=c2ccccc2=N1. The van der Waals surface area contributed by atoms with Gasteiger partial charge in [-0.25, -0.2) is 9.98 Å². The van der Waals surface area contributed by atoms with Crippen molar-refractivity contribution in [3.8, 4) is 0 Å². The molecule has 0 fully saturated rings. The fourth-order valence-electron chi connectivity index (χ4n) is 1.11. The molecule has 1 radical (unpaired) electrons. The van der Waals surface area contributed by atoms with Crippen molar-refractivity contribution in [1.29, 1.82) is 0 Å². The summed E-state index contributed by atoms with van der Waals surface area (Å²) in [6.45, 7) is 2.06. The summed E-state index contributed by atoms with van der Waals surface area (Å²) in [4.78, 5) is 8.64. The van der Waals surface area contributed by atoms with Gasteiger partial charge in [0.2, 0.25) is 0 Å². The number of hydrogen-bond acceptors (Lipinski definition) is 2. The van der Waals surface area contributed by atoms with E-state index in [2.05, 4.69) is 16.9 Å². The molecule has 1 heterocycles. The number of hydrogen-bond donors (Lipinski definition) is 0. The molecule has 55 valence electrons. The first-order chi connectivity index (χ1) is 5.40. The summed E-state index contributed by atoms with van der Waals surface area (Å²) in [6, 6.07) is 7.94. The third kappa shape index (κ3) is 1.04. The summed E-state index contributed by atoms with van der Waals surface area (Å²) < 4.78 is 0. The zero-order chi connectivity index (χ0) is 7.68. The first-order valence-electron chi connectivity index (χ1n) is 3.78. The molecule has 0 aromatic heterocycles. The summed E-state index contributed by atoms with van der Waals surface area (Å²) in [7, 11) is 0. The lowest BCUT2D eigenvalue weighted by Crippen LogP contribution is -2.19. The van der Waals surface area contributed by atoms with Crippen LogP contribution < -0.4 is 10.7 Å².